The maximum absolute atomic E-state index is 6.55. The van der Waals surface area contributed by atoms with E-state index >= 15 is 0 Å². The van der Waals surface area contributed by atoms with Gasteiger partial charge in [0.05, 0.1) is 26.5 Å². The highest BCUT2D eigenvalue weighted by Gasteiger charge is 2.33. The number of benzene rings is 1. The molecule has 0 saturated carbocycles. The number of fused-ring (bicyclic) bond motifs is 1. The molecule has 1 aromatic heterocycles. The Morgan fingerprint density at radius 1 is 1.15 bits per heavy atom. The predicted octanol–water partition coefficient (Wildman–Crippen LogP) is 3.81. The highest BCUT2D eigenvalue weighted by molar-refractivity contribution is 6.21. The maximum atomic E-state index is 6.55. The van der Waals surface area contributed by atoms with Gasteiger partial charge < -0.3 is 14.2 Å². The molecule has 26 heavy (non-hydrogen) atoms. The summed E-state index contributed by atoms with van der Waals surface area (Å²) in [5, 5.41) is 8.01. The molecule has 4 rings (SSSR count). The summed E-state index contributed by atoms with van der Waals surface area (Å²) >= 11 is 6.55. The summed E-state index contributed by atoms with van der Waals surface area (Å²) in [4.78, 5) is 0. The third-order valence-electron chi connectivity index (χ3n) is 5.65. The summed E-state index contributed by atoms with van der Waals surface area (Å²) in [6, 6.07) is 6.13. The quantitative estimate of drug-likeness (QED) is 0.824. The fourth-order valence-electron chi connectivity index (χ4n) is 4.15. The normalized spacial score (nSPS) is 25.6. The molecule has 0 amide bonds. The van der Waals surface area contributed by atoms with Crippen LogP contribution < -0.4 is 9.47 Å². The van der Waals surface area contributed by atoms with Gasteiger partial charge in [0.15, 0.2) is 0 Å². The third-order valence-corrected chi connectivity index (χ3v) is 6.17. The lowest BCUT2D eigenvalue weighted by atomic mass is 9.80. The molecule has 1 aromatic carbocycles. The number of H-pyrrole nitrogens is 1. The molecule has 1 aliphatic carbocycles. The zero-order valence-electron chi connectivity index (χ0n) is 15.3. The molecule has 1 fully saturated rings. The van der Waals surface area contributed by atoms with Gasteiger partial charge in [-0.25, -0.2) is 0 Å². The van der Waals surface area contributed by atoms with Crippen LogP contribution in [0.15, 0.2) is 18.2 Å². The van der Waals surface area contributed by atoms with Gasteiger partial charge in [0.2, 0.25) is 0 Å². The lowest BCUT2D eigenvalue weighted by molar-refractivity contribution is 0.0814. The van der Waals surface area contributed by atoms with Crippen molar-refractivity contribution in [2.75, 3.05) is 27.4 Å². The molecule has 140 valence electrons. The standard InChI is InChI=1S/C20H25ClN2O3/c1-24-14-7-13(8-15(10-14)25-2)12-3-4-16-19(9-12)22-23-20(16)17-11-26-6-5-18(17)21/h7-8,10,12,17-18H,3-6,9,11H2,1-2H3,(H,22,23)/t12-,17?,18?/m0/s1. The van der Waals surface area contributed by atoms with Gasteiger partial charge in [0, 0.05) is 29.7 Å². The van der Waals surface area contributed by atoms with E-state index in [1.165, 1.54) is 16.8 Å². The monoisotopic (exact) mass is 376 g/mol. The second kappa shape index (κ2) is 7.49. The van der Waals surface area contributed by atoms with E-state index < -0.39 is 0 Å². The lowest BCUT2D eigenvalue weighted by Crippen LogP contribution is -2.27. The van der Waals surface area contributed by atoms with Crippen LogP contribution in [0.3, 0.4) is 0 Å². The SMILES string of the molecule is COc1cc(OC)cc([C@H]2CCc3c(C4COCCC4Cl)n[nH]c3C2)c1. The maximum Gasteiger partial charge on any atom is 0.122 e. The van der Waals surface area contributed by atoms with E-state index in [2.05, 4.69) is 22.3 Å². The molecule has 6 heteroatoms. The van der Waals surface area contributed by atoms with Gasteiger partial charge in [0.25, 0.3) is 0 Å². The van der Waals surface area contributed by atoms with Gasteiger partial charge in [-0.1, -0.05) is 0 Å². The van der Waals surface area contributed by atoms with E-state index in [9.17, 15) is 0 Å². The summed E-state index contributed by atoms with van der Waals surface area (Å²) < 4.78 is 16.5. The molecule has 0 bridgehead atoms. The first-order chi connectivity index (χ1) is 12.7. The molecule has 2 heterocycles. The van der Waals surface area contributed by atoms with Crippen LogP contribution in [0.5, 0.6) is 11.5 Å². The fourth-order valence-corrected chi connectivity index (χ4v) is 4.43. The highest BCUT2D eigenvalue weighted by Crippen LogP contribution is 2.39. The van der Waals surface area contributed by atoms with Crippen molar-refractivity contribution in [3.05, 3.63) is 40.7 Å². The fraction of sp³-hybridized carbons (Fsp3) is 0.550. The number of halogens is 1. The summed E-state index contributed by atoms with van der Waals surface area (Å²) in [5.41, 5.74) is 4.94. The average Bonchev–Trinajstić information content (AvgIpc) is 3.11. The number of hydrogen-bond donors (Lipinski definition) is 1. The van der Waals surface area contributed by atoms with Gasteiger partial charge >= 0.3 is 0 Å². The van der Waals surface area contributed by atoms with E-state index in [1.54, 1.807) is 14.2 Å². The van der Waals surface area contributed by atoms with E-state index in [-0.39, 0.29) is 11.3 Å². The van der Waals surface area contributed by atoms with Crippen molar-refractivity contribution in [3.63, 3.8) is 0 Å². The van der Waals surface area contributed by atoms with Gasteiger partial charge in [-0.3, -0.25) is 5.10 Å². The number of ether oxygens (including phenoxy) is 3. The zero-order valence-corrected chi connectivity index (χ0v) is 16.0. The Hall–Kier alpha value is -1.72. The molecule has 1 aliphatic heterocycles. The molecular weight excluding hydrogens is 352 g/mol. The molecule has 1 saturated heterocycles. The molecular formula is C20H25ClN2O3. The average molecular weight is 377 g/mol. The van der Waals surface area contributed by atoms with Crippen LogP contribution in [0.4, 0.5) is 0 Å². The Balaban J connectivity index is 1.58. The van der Waals surface area contributed by atoms with Crippen LogP contribution in [0.1, 0.15) is 47.2 Å². The lowest BCUT2D eigenvalue weighted by Gasteiger charge is -2.28. The predicted molar refractivity (Wildman–Crippen MR) is 101 cm³/mol. The van der Waals surface area contributed by atoms with Crippen molar-refractivity contribution in [3.8, 4) is 11.5 Å². The van der Waals surface area contributed by atoms with Gasteiger partial charge in [0.1, 0.15) is 11.5 Å². The molecule has 5 nitrogen and oxygen atoms in total. The molecule has 0 radical (unpaired) electrons. The van der Waals surface area contributed by atoms with E-state index in [0.29, 0.717) is 12.5 Å². The van der Waals surface area contributed by atoms with Crippen molar-refractivity contribution in [1.82, 2.24) is 10.2 Å². The van der Waals surface area contributed by atoms with Gasteiger partial charge in [-0.05, 0) is 54.9 Å². The summed E-state index contributed by atoms with van der Waals surface area (Å²) in [5.74, 6) is 2.28. The second-order valence-corrected chi connectivity index (χ2v) is 7.70. The Bertz CT molecular complexity index is 754. The minimum absolute atomic E-state index is 0.108. The minimum Gasteiger partial charge on any atom is -0.497 e. The van der Waals surface area contributed by atoms with E-state index in [0.717, 1.165) is 49.5 Å². The van der Waals surface area contributed by atoms with Crippen molar-refractivity contribution >= 4 is 11.6 Å². The van der Waals surface area contributed by atoms with Crippen LogP contribution in [0.2, 0.25) is 0 Å². The van der Waals surface area contributed by atoms with Crippen LogP contribution in [-0.4, -0.2) is 43.0 Å². The summed E-state index contributed by atoms with van der Waals surface area (Å²) in [6.45, 7) is 1.42. The molecule has 2 aromatic rings. The van der Waals surface area contributed by atoms with E-state index in [1.807, 2.05) is 6.07 Å². The minimum atomic E-state index is 0.108. The Kier molecular flexibility index (Phi) is 5.09. The summed E-state index contributed by atoms with van der Waals surface area (Å²) in [7, 11) is 3.38. The topological polar surface area (TPSA) is 56.4 Å². The molecule has 2 unspecified atom stereocenters. The first-order valence-corrected chi connectivity index (χ1v) is 9.64. The van der Waals surface area contributed by atoms with Crippen LogP contribution in [-0.2, 0) is 17.6 Å². The van der Waals surface area contributed by atoms with Crippen LogP contribution in [0, 0.1) is 0 Å². The van der Waals surface area contributed by atoms with Crippen LogP contribution in [0.25, 0.3) is 0 Å². The number of nitrogens with zero attached hydrogens (tertiary/aromatic N) is 1. The van der Waals surface area contributed by atoms with E-state index in [4.69, 9.17) is 25.8 Å². The Labute approximate surface area is 159 Å². The Morgan fingerprint density at radius 2 is 1.92 bits per heavy atom. The van der Waals surface area contributed by atoms with Gasteiger partial charge in [-0.15, -0.1) is 11.6 Å². The molecule has 0 spiro atoms. The number of aromatic nitrogens is 2. The van der Waals surface area contributed by atoms with Crippen LogP contribution >= 0.6 is 11.6 Å². The van der Waals surface area contributed by atoms with Gasteiger partial charge in [-0.2, -0.15) is 5.10 Å². The number of rotatable bonds is 4. The second-order valence-electron chi connectivity index (χ2n) is 7.14. The summed E-state index contributed by atoms with van der Waals surface area (Å²) in [6.07, 6.45) is 3.92. The number of methoxy groups -OCH3 is 2. The number of hydrogen-bond acceptors (Lipinski definition) is 4. The molecule has 3 atom stereocenters. The first-order valence-electron chi connectivity index (χ1n) is 9.20. The number of nitrogens with one attached hydrogen (secondary N) is 1. The van der Waals surface area contributed by atoms with Crippen molar-refractivity contribution in [2.24, 2.45) is 0 Å². The number of aromatic amines is 1. The smallest absolute Gasteiger partial charge is 0.122 e. The molecule has 2 aliphatic rings. The highest BCUT2D eigenvalue weighted by atomic mass is 35.5. The Morgan fingerprint density at radius 3 is 2.62 bits per heavy atom. The van der Waals surface area contributed by atoms with Crippen molar-refractivity contribution in [1.29, 1.82) is 0 Å². The number of alkyl halides is 1. The van der Waals surface area contributed by atoms with Crippen molar-refractivity contribution < 1.29 is 14.2 Å². The first kappa shape index (κ1) is 17.7. The largest absolute Gasteiger partial charge is 0.497 e. The van der Waals surface area contributed by atoms with Crippen molar-refractivity contribution in [2.45, 2.75) is 42.9 Å². The zero-order chi connectivity index (χ0) is 18.1. The third kappa shape index (κ3) is 3.30. The molecule has 1 N–H and O–H groups in total.